The van der Waals surface area contributed by atoms with Crippen LogP contribution in [0, 0.1) is 5.92 Å². The van der Waals surface area contributed by atoms with E-state index in [2.05, 4.69) is 0 Å². The summed E-state index contributed by atoms with van der Waals surface area (Å²) in [5.41, 5.74) is 0.597. The molecule has 1 atom stereocenters. The highest BCUT2D eigenvalue weighted by Crippen LogP contribution is 2.06. The number of nitrogens with zero attached hydrogens (tertiary/aromatic N) is 1. The molecular formula is C17H23NO4. The number of Topliss-reactive ketones (excluding diaryl/α,β-unsaturated/α-hetero) is 1. The summed E-state index contributed by atoms with van der Waals surface area (Å²) >= 11 is 0. The molecule has 0 aliphatic rings. The van der Waals surface area contributed by atoms with Crippen molar-refractivity contribution in [2.75, 3.05) is 26.2 Å². The van der Waals surface area contributed by atoms with Crippen LogP contribution >= 0.6 is 0 Å². The minimum absolute atomic E-state index is 0.0726. The zero-order valence-corrected chi connectivity index (χ0v) is 13.2. The Labute approximate surface area is 131 Å². The number of rotatable bonds is 10. The number of hydrogen-bond acceptors (Lipinski definition) is 5. The van der Waals surface area contributed by atoms with E-state index >= 15 is 0 Å². The summed E-state index contributed by atoms with van der Waals surface area (Å²) in [5, 5.41) is 0. The SMILES string of the molecule is CCCOC(=O)[C@@H](C)CN(CC=O)CC(=O)c1ccccc1. The van der Waals surface area contributed by atoms with Crippen LogP contribution in [0.4, 0.5) is 0 Å². The van der Waals surface area contributed by atoms with Crippen LogP contribution in [0.5, 0.6) is 0 Å². The first-order valence-electron chi connectivity index (χ1n) is 7.49. The molecule has 0 aliphatic heterocycles. The van der Waals surface area contributed by atoms with Gasteiger partial charge in [0.15, 0.2) is 5.78 Å². The summed E-state index contributed by atoms with van der Waals surface area (Å²) in [6, 6.07) is 8.90. The lowest BCUT2D eigenvalue weighted by atomic mass is 10.1. The van der Waals surface area contributed by atoms with Crippen LogP contribution in [0.15, 0.2) is 30.3 Å². The number of ether oxygens (including phenoxy) is 1. The Morgan fingerprint density at radius 3 is 2.55 bits per heavy atom. The van der Waals surface area contributed by atoms with Crippen molar-refractivity contribution in [1.82, 2.24) is 4.90 Å². The van der Waals surface area contributed by atoms with E-state index in [1.54, 1.807) is 36.1 Å². The summed E-state index contributed by atoms with van der Waals surface area (Å²) in [6.07, 6.45) is 1.51. The molecule has 22 heavy (non-hydrogen) atoms. The maximum atomic E-state index is 12.2. The monoisotopic (exact) mass is 305 g/mol. The molecule has 0 fully saturated rings. The van der Waals surface area contributed by atoms with E-state index in [1.165, 1.54) is 0 Å². The molecular weight excluding hydrogens is 282 g/mol. The van der Waals surface area contributed by atoms with Crippen molar-refractivity contribution in [2.24, 2.45) is 5.92 Å². The maximum Gasteiger partial charge on any atom is 0.309 e. The molecule has 0 aliphatic carbocycles. The Hall–Kier alpha value is -2.01. The van der Waals surface area contributed by atoms with E-state index in [1.807, 2.05) is 13.0 Å². The molecule has 0 saturated heterocycles. The van der Waals surface area contributed by atoms with E-state index in [0.717, 1.165) is 12.7 Å². The minimum Gasteiger partial charge on any atom is -0.465 e. The van der Waals surface area contributed by atoms with E-state index in [4.69, 9.17) is 4.74 Å². The number of ketones is 1. The quantitative estimate of drug-likeness (QED) is 0.376. The first-order valence-corrected chi connectivity index (χ1v) is 7.49. The molecule has 0 bridgehead atoms. The van der Waals surface area contributed by atoms with E-state index in [9.17, 15) is 14.4 Å². The fourth-order valence-electron chi connectivity index (χ4n) is 2.03. The molecule has 0 saturated carbocycles. The van der Waals surface area contributed by atoms with Gasteiger partial charge in [0.2, 0.25) is 0 Å². The van der Waals surface area contributed by atoms with Gasteiger partial charge in [-0.1, -0.05) is 44.2 Å². The number of carbonyl (C=O) groups excluding carboxylic acids is 3. The second-order valence-corrected chi connectivity index (χ2v) is 5.22. The third kappa shape index (κ3) is 6.18. The predicted molar refractivity (Wildman–Crippen MR) is 83.7 cm³/mol. The molecule has 1 aromatic carbocycles. The van der Waals surface area contributed by atoms with Crippen LogP contribution in [0.3, 0.4) is 0 Å². The second kappa shape index (κ2) is 9.84. The van der Waals surface area contributed by atoms with Gasteiger partial charge in [-0.3, -0.25) is 14.5 Å². The van der Waals surface area contributed by atoms with Crippen LogP contribution in [0.2, 0.25) is 0 Å². The third-order valence-electron chi connectivity index (χ3n) is 3.18. The zero-order chi connectivity index (χ0) is 16.4. The van der Waals surface area contributed by atoms with Crippen molar-refractivity contribution in [1.29, 1.82) is 0 Å². The predicted octanol–water partition coefficient (Wildman–Crippen LogP) is 1.96. The van der Waals surface area contributed by atoms with Gasteiger partial charge in [-0.2, -0.15) is 0 Å². The molecule has 5 heteroatoms. The van der Waals surface area contributed by atoms with Crippen LogP contribution < -0.4 is 0 Å². The van der Waals surface area contributed by atoms with Gasteiger partial charge in [0.25, 0.3) is 0 Å². The Bertz CT molecular complexity index is 487. The minimum atomic E-state index is -0.380. The summed E-state index contributed by atoms with van der Waals surface area (Å²) in [7, 11) is 0. The smallest absolute Gasteiger partial charge is 0.309 e. The van der Waals surface area contributed by atoms with Crippen molar-refractivity contribution in [2.45, 2.75) is 20.3 Å². The largest absolute Gasteiger partial charge is 0.465 e. The number of benzene rings is 1. The molecule has 0 amide bonds. The highest BCUT2D eigenvalue weighted by molar-refractivity contribution is 5.97. The van der Waals surface area contributed by atoms with Gasteiger partial charge in [-0.15, -0.1) is 0 Å². The summed E-state index contributed by atoms with van der Waals surface area (Å²) in [5.74, 6) is -0.753. The van der Waals surface area contributed by atoms with Crippen molar-refractivity contribution >= 4 is 18.0 Å². The first-order chi connectivity index (χ1) is 10.6. The third-order valence-corrected chi connectivity index (χ3v) is 3.18. The summed E-state index contributed by atoms with van der Waals surface area (Å²) in [6.45, 7) is 4.59. The molecule has 0 heterocycles. The lowest BCUT2D eigenvalue weighted by Gasteiger charge is -2.22. The van der Waals surface area contributed by atoms with Gasteiger partial charge in [0.05, 0.1) is 25.6 Å². The first kappa shape index (κ1) is 18.0. The van der Waals surface area contributed by atoms with Crippen LogP contribution in [-0.4, -0.2) is 49.2 Å². The Morgan fingerprint density at radius 1 is 1.27 bits per heavy atom. The van der Waals surface area contributed by atoms with Crippen molar-refractivity contribution in [3.8, 4) is 0 Å². The maximum absolute atomic E-state index is 12.2. The Kier molecular flexibility index (Phi) is 8.07. The average Bonchev–Trinajstić information content (AvgIpc) is 2.53. The van der Waals surface area contributed by atoms with Crippen LogP contribution in [0.25, 0.3) is 0 Å². The lowest BCUT2D eigenvalue weighted by Crippen LogP contribution is -2.37. The summed E-state index contributed by atoms with van der Waals surface area (Å²) < 4.78 is 5.08. The van der Waals surface area contributed by atoms with Crippen LogP contribution in [0.1, 0.15) is 30.6 Å². The van der Waals surface area contributed by atoms with Gasteiger partial charge in [0, 0.05) is 12.1 Å². The lowest BCUT2D eigenvalue weighted by molar-refractivity contribution is -0.148. The Morgan fingerprint density at radius 2 is 1.95 bits per heavy atom. The zero-order valence-electron chi connectivity index (χ0n) is 13.2. The number of esters is 1. The van der Waals surface area contributed by atoms with Crippen molar-refractivity contribution in [3.05, 3.63) is 35.9 Å². The van der Waals surface area contributed by atoms with E-state index in [-0.39, 0.29) is 30.8 Å². The fraction of sp³-hybridized carbons (Fsp3) is 0.471. The molecule has 1 rings (SSSR count). The number of aldehydes is 1. The molecule has 1 aromatic rings. The second-order valence-electron chi connectivity index (χ2n) is 5.22. The standard InChI is InChI=1S/C17H23NO4/c1-3-11-22-17(21)14(2)12-18(9-10-19)13-16(20)15-7-5-4-6-8-15/h4-8,10,14H,3,9,11-13H2,1-2H3/t14-/m0/s1. The molecule has 5 nitrogen and oxygen atoms in total. The van der Waals surface area contributed by atoms with Crippen LogP contribution in [-0.2, 0) is 14.3 Å². The molecule has 0 N–H and O–H groups in total. The van der Waals surface area contributed by atoms with Gasteiger partial charge in [-0.05, 0) is 6.42 Å². The van der Waals surface area contributed by atoms with Gasteiger partial charge < -0.3 is 9.53 Å². The van der Waals surface area contributed by atoms with Gasteiger partial charge in [0.1, 0.15) is 6.29 Å². The van der Waals surface area contributed by atoms with Crippen molar-refractivity contribution < 1.29 is 19.1 Å². The van der Waals surface area contributed by atoms with Gasteiger partial charge >= 0.3 is 5.97 Å². The molecule has 0 unspecified atom stereocenters. The molecule has 0 radical (unpaired) electrons. The highest BCUT2D eigenvalue weighted by Gasteiger charge is 2.20. The average molecular weight is 305 g/mol. The topological polar surface area (TPSA) is 63.7 Å². The number of carbonyl (C=O) groups is 3. The highest BCUT2D eigenvalue weighted by atomic mass is 16.5. The van der Waals surface area contributed by atoms with E-state index in [0.29, 0.717) is 18.7 Å². The van der Waals surface area contributed by atoms with Gasteiger partial charge in [-0.25, -0.2) is 0 Å². The Balaban J connectivity index is 2.59. The normalized spacial score (nSPS) is 12.0. The van der Waals surface area contributed by atoms with Crippen molar-refractivity contribution in [3.63, 3.8) is 0 Å². The fourth-order valence-corrected chi connectivity index (χ4v) is 2.03. The molecule has 0 aromatic heterocycles. The molecule has 120 valence electrons. The summed E-state index contributed by atoms with van der Waals surface area (Å²) in [4.78, 5) is 36.4. The van der Waals surface area contributed by atoms with E-state index < -0.39 is 0 Å². The number of hydrogen-bond donors (Lipinski definition) is 0. The molecule has 0 spiro atoms.